The lowest BCUT2D eigenvalue weighted by Gasteiger charge is -1.91. The van der Waals surface area contributed by atoms with Gasteiger partial charge in [0.15, 0.2) is 11.2 Å². The van der Waals surface area contributed by atoms with Crippen LogP contribution in [0.3, 0.4) is 0 Å². The Morgan fingerprint density at radius 3 is 3.20 bits per heavy atom. The molecule has 96 valence electrons. The van der Waals surface area contributed by atoms with Gasteiger partial charge in [-0.05, 0) is 12.1 Å². The molecule has 0 aromatic carbocycles. The molecule has 0 unspecified atom stereocenters. The SMILES string of the molecule is Cn1c2cnccc2c2oc3[n+](c21)Cc1cccnc1-3. The standard InChI is InChI=1S/C15H11N4O/c1-18-11-7-16-6-4-10(11)13-14(18)19-8-9-3-2-5-17-12(9)15(19)20-13/h2-7H,8H2,1H3/q+1. The van der Waals surface area contributed by atoms with E-state index < -0.39 is 0 Å². The van der Waals surface area contributed by atoms with E-state index in [9.17, 15) is 0 Å². The lowest BCUT2D eigenvalue weighted by molar-refractivity contribution is -0.652. The summed E-state index contributed by atoms with van der Waals surface area (Å²) < 4.78 is 10.4. The number of hydrogen-bond donors (Lipinski definition) is 0. The predicted molar refractivity (Wildman–Crippen MR) is 73.0 cm³/mol. The zero-order valence-corrected chi connectivity index (χ0v) is 10.9. The van der Waals surface area contributed by atoms with E-state index >= 15 is 0 Å². The van der Waals surface area contributed by atoms with Gasteiger partial charge in [0.1, 0.15) is 6.54 Å². The molecule has 5 heterocycles. The molecule has 20 heavy (non-hydrogen) atoms. The predicted octanol–water partition coefficient (Wildman–Crippen LogP) is 2.03. The maximum Gasteiger partial charge on any atom is 0.329 e. The maximum absolute atomic E-state index is 6.12. The Labute approximate surface area is 114 Å². The van der Waals surface area contributed by atoms with Gasteiger partial charge < -0.3 is 4.42 Å². The Hall–Kier alpha value is -2.69. The van der Waals surface area contributed by atoms with Gasteiger partial charge in [-0.3, -0.25) is 4.98 Å². The number of rotatable bonds is 0. The molecule has 0 radical (unpaired) electrons. The summed E-state index contributed by atoms with van der Waals surface area (Å²) in [6, 6.07) is 6.06. The van der Waals surface area contributed by atoms with Crippen molar-refractivity contribution in [2.24, 2.45) is 7.05 Å². The molecule has 0 saturated carbocycles. The maximum atomic E-state index is 6.12. The monoisotopic (exact) mass is 263 g/mol. The fraction of sp³-hybridized carbons (Fsp3) is 0.133. The molecule has 0 atom stereocenters. The van der Waals surface area contributed by atoms with Crippen LogP contribution in [0.2, 0.25) is 0 Å². The molecule has 0 bridgehead atoms. The van der Waals surface area contributed by atoms with Crippen LogP contribution in [0.15, 0.2) is 41.2 Å². The second kappa shape index (κ2) is 3.25. The van der Waals surface area contributed by atoms with E-state index in [1.54, 1.807) is 6.20 Å². The molecule has 1 aliphatic heterocycles. The molecule has 1 aliphatic rings. The number of pyridine rings is 2. The van der Waals surface area contributed by atoms with Crippen molar-refractivity contribution in [2.75, 3.05) is 0 Å². The van der Waals surface area contributed by atoms with Crippen molar-refractivity contribution < 1.29 is 8.98 Å². The van der Waals surface area contributed by atoms with Crippen molar-refractivity contribution in [1.82, 2.24) is 14.5 Å². The lowest BCUT2D eigenvalue weighted by atomic mass is 10.2. The quantitative estimate of drug-likeness (QED) is 0.402. The smallest absolute Gasteiger partial charge is 0.329 e. The van der Waals surface area contributed by atoms with Crippen molar-refractivity contribution in [2.45, 2.75) is 6.54 Å². The van der Waals surface area contributed by atoms with Crippen LogP contribution in [0, 0.1) is 0 Å². The van der Waals surface area contributed by atoms with Crippen molar-refractivity contribution in [3.8, 4) is 11.6 Å². The van der Waals surface area contributed by atoms with Crippen LogP contribution < -0.4 is 4.57 Å². The Balaban J connectivity index is 1.97. The number of hydrogen-bond acceptors (Lipinski definition) is 3. The van der Waals surface area contributed by atoms with Gasteiger partial charge in [0.05, 0.1) is 18.6 Å². The van der Waals surface area contributed by atoms with Gasteiger partial charge >= 0.3 is 11.5 Å². The first-order valence-corrected chi connectivity index (χ1v) is 6.53. The first kappa shape index (κ1) is 10.1. The minimum absolute atomic E-state index is 0.809. The average Bonchev–Trinajstić information content (AvgIpc) is 3.09. The van der Waals surface area contributed by atoms with Crippen LogP contribution in [0.25, 0.3) is 33.7 Å². The summed E-state index contributed by atoms with van der Waals surface area (Å²) in [7, 11) is 2.05. The van der Waals surface area contributed by atoms with E-state index in [0.29, 0.717) is 0 Å². The summed E-state index contributed by atoms with van der Waals surface area (Å²) in [6.45, 7) is 0.809. The first-order chi connectivity index (χ1) is 9.84. The van der Waals surface area contributed by atoms with E-state index in [4.69, 9.17) is 4.42 Å². The highest BCUT2D eigenvalue weighted by Crippen LogP contribution is 2.33. The van der Waals surface area contributed by atoms with Gasteiger partial charge in [-0.2, -0.15) is 4.57 Å². The zero-order valence-electron chi connectivity index (χ0n) is 10.9. The molecule has 5 nitrogen and oxygen atoms in total. The second-order valence-electron chi connectivity index (χ2n) is 5.11. The van der Waals surface area contributed by atoms with Gasteiger partial charge in [-0.1, -0.05) is 6.07 Å². The third-order valence-electron chi connectivity index (χ3n) is 4.05. The number of aryl methyl sites for hydroxylation is 1. The van der Waals surface area contributed by atoms with E-state index in [1.165, 1.54) is 5.56 Å². The molecule has 4 aromatic rings. The fourth-order valence-corrected chi connectivity index (χ4v) is 3.14. The highest BCUT2D eigenvalue weighted by Gasteiger charge is 2.35. The molecule has 4 aromatic heterocycles. The Morgan fingerprint density at radius 2 is 2.25 bits per heavy atom. The van der Waals surface area contributed by atoms with Gasteiger partial charge in [0.25, 0.3) is 0 Å². The van der Waals surface area contributed by atoms with Gasteiger partial charge in [0, 0.05) is 18.0 Å². The summed E-state index contributed by atoms with van der Waals surface area (Å²) in [6.07, 6.45) is 5.48. The van der Waals surface area contributed by atoms with Crippen LogP contribution in [-0.2, 0) is 13.6 Å². The Morgan fingerprint density at radius 1 is 1.30 bits per heavy atom. The molecule has 0 saturated heterocycles. The lowest BCUT2D eigenvalue weighted by Crippen LogP contribution is -2.32. The van der Waals surface area contributed by atoms with E-state index in [0.717, 1.165) is 40.3 Å². The van der Waals surface area contributed by atoms with Crippen LogP contribution in [0.4, 0.5) is 0 Å². The van der Waals surface area contributed by atoms with E-state index in [1.807, 2.05) is 31.6 Å². The van der Waals surface area contributed by atoms with Crippen molar-refractivity contribution in [1.29, 1.82) is 0 Å². The largest absolute Gasteiger partial charge is 0.412 e. The van der Waals surface area contributed by atoms with Gasteiger partial charge in [0.2, 0.25) is 5.58 Å². The third-order valence-corrected chi connectivity index (χ3v) is 4.05. The number of oxazole rings is 1. The molecule has 5 heteroatoms. The van der Waals surface area contributed by atoms with Crippen LogP contribution in [0.1, 0.15) is 5.56 Å². The second-order valence-corrected chi connectivity index (χ2v) is 5.11. The summed E-state index contributed by atoms with van der Waals surface area (Å²) >= 11 is 0. The highest BCUT2D eigenvalue weighted by molar-refractivity contribution is 6.02. The Kier molecular flexibility index (Phi) is 1.65. The molecule has 0 fully saturated rings. The number of aromatic nitrogens is 4. The average molecular weight is 263 g/mol. The van der Waals surface area contributed by atoms with Crippen molar-refractivity contribution in [3.05, 3.63) is 42.4 Å². The van der Waals surface area contributed by atoms with Gasteiger partial charge in [-0.15, -0.1) is 0 Å². The summed E-state index contributed by atoms with van der Waals surface area (Å²) in [4.78, 5) is 8.65. The molecule has 0 amide bonds. The molecule has 0 aliphatic carbocycles. The fourth-order valence-electron chi connectivity index (χ4n) is 3.14. The van der Waals surface area contributed by atoms with E-state index in [2.05, 4.69) is 25.2 Å². The molecular formula is C15H11N4O+. The minimum Gasteiger partial charge on any atom is -0.412 e. The number of nitrogens with zero attached hydrogens (tertiary/aromatic N) is 4. The third kappa shape index (κ3) is 1.02. The molecule has 0 spiro atoms. The molecular weight excluding hydrogens is 252 g/mol. The zero-order chi connectivity index (χ0) is 13.3. The summed E-state index contributed by atoms with van der Waals surface area (Å²) in [5.74, 6) is 0.847. The normalized spacial score (nSPS) is 13.1. The van der Waals surface area contributed by atoms with Gasteiger partial charge in [-0.25, -0.2) is 9.55 Å². The number of fused-ring (bicyclic) bond motifs is 7. The Bertz CT molecular complexity index is 996. The minimum atomic E-state index is 0.809. The van der Waals surface area contributed by atoms with Crippen LogP contribution >= 0.6 is 0 Å². The highest BCUT2D eigenvalue weighted by atomic mass is 16.4. The summed E-state index contributed by atoms with van der Waals surface area (Å²) in [5.41, 5.74) is 5.24. The van der Waals surface area contributed by atoms with Crippen molar-refractivity contribution >= 4 is 22.1 Å². The van der Waals surface area contributed by atoms with E-state index in [-0.39, 0.29) is 0 Å². The first-order valence-electron chi connectivity index (χ1n) is 6.53. The van der Waals surface area contributed by atoms with Crippen molar-refractivity contribution in [3.63, 3.8) is 0 Å². The topological polar surface area (TPSA) is 47.7 Å². The molecule has 0 N–H and O–H groups in total. The summed E-state index contributed by atoms with van der Waals surface area (Å²) in [5, 5.41) is 1.09. The van der Waals surface area contributed by atoms with Crippen LogP contribution in [0.5, 0.6) is 0 Å². The molecule has 5 rings (SSSR count). The van der Waals surface area contributed by atoms with Crippen LogP contribution in [-0.4, -0.2) is 14.5 Å².